The summed E-state index contributed by atoms with van der Waals surface area (Å²) >= 11 is 9.32. The number of benzene rings is 1. The van der Waals surface area contributed by atoms with Crippen LogP contribution in [0.1, 0.15) is 42.7 Å². The number of halogens is 2. The van der Waals surface area contributed by atoms with Crippen LogP contribution in [0.25, 0.3) is 0 Å². The van der Waals surface area contributed by atoms with Gasteiger partial charge in [-0.05, 0) is 52.5 Å². The number of amides is 1. The molecule has 0 aliphatic carbocycles. The second-order valence-electron chi connectivity index (χ2n) is 6.30. The lowest BCUT2D eigenvalue weighted by Crippen LogP contribution is -2.27. The molecule has 2 aromatic rings. The minimum Gasteiger partial charge on any atom is -0.493 e. The Balaban J connectivity index is 2.14. The van der Waals surface area contributed by atoms with E-state index in [9.17, 15) is 4.79 Å². The molecule has 7 heteroatoms. The molecule has 0 saturated heterocycles. The van der Waals surface area contributed by atoms with Crippen LogP contribution in [0.2, 0.25) is 5.15 Å². The van der Waals surface area contributed by atoms with Crippen LogP contribution in [-0.2, 0) is 0 Å². The molecular formula is C19H22BrClN2O3. The second-order valence-corrected chi connectivity index (χ2v) is 7.58. The number of nitrogens with one attached hydrogen (secondary N) is 1. The number of carbonyl (C=O) groups is 1. The first kappa shape index (κ1) is 20.5. The summed E-state index contributed by atoms with van der Waals surface area (Å²) in [6.07, 6.45) is 1.54. The normalized spacial score (nSPS) is 12.0. The Morgan fingerprint density at radius 2 is 2.00 bits per heavy atom. The summed E-state index contributed by atoms with van der Waals surface area (Å²) in [7, 11) is 1.59. The highest BCUT2D eigenvalue weighted by molar-refractivity contribution is 9.10. The van der Waals surface area contributed by atoms with Crippen molar-refractivity contribution >= 4 is 33.4 Å². The van der Waals surface area contributed by atoms with Gasteiger partial charge < -0.3 is 14.8 Å². The topological polar surface area (TPSA) is 60.5 Å². The molecule has 0 fully saturated rings. The standard InChI is InChI=1S/C19H22BrClN2O3/c1-11(2)10-26-16-6-5-13(7-17(16)25-4)12(3)23-19(24)15-8-14(20)9-22-18(15)21/h5-9,11-12H,10H2,1-4H3,(H,23,24)/t12-/m1/s1. The van der Waals surface area contributed by atoms with Gasteiger partial charge in [0, 0.05) is 10.7 Å². The smallest absolute Gasteiger partial charge is 0.254 e. The van der Waals surface area contributed by atoms with Crippen molar-refractivity contribution in [3.05, 3.63) is 51.2 Å². The molecule has 0 aliphatic heterocycles. The zero-order valence-corrected chi connectivity index (χ0v) is 17.5. The van der Waals surface area contributed by atoms with Crippen molar-refractivity contribution in [3.63, 3.8) is 0 Å². The maximum Gasteiger partial charge on any atom is 0.254 e. The summed E-state index contributed by atoms with van der Waals surface area (Å²) in [5, 5.41) is 3.08. The summed E-state index contributed by atoms with van der Waals surface area (Å²) < 4.78 is 11.9. The van der Waals surface area contributed by atoms with E-state index in [-0.39, 0.29) is 17.1 Å². The summed E-state index contributed by atoms with van der Waals surface area (Å²) in [4.78, 5) is 16.5. The van der Waals surface area contributed by atoms with Crippen LogP contribution in [0.3, 0.4) is 0 Å². The molecular weight excluding hydrogens is 420 g/mol. The molecule has 0 unspecified atom stereocenters. The van der Waals surface area contributed by atoms with Crippen molar-refractivity contribution in [1.29, 1.82) is 0 Å². The fourth-order valence-electron chi connectivity index (χ4n) is 2.27. The highest BCUT2D eigenvalue weighted by Gasteiger charge is 2.17. The van der Waals surface area contributed by atoms with Gasteiger partial charge in [-0.2, -0.15) is 0 Å². The van der Waals surface area contributed by atoms with Gasteiger partial charge in [0.2, 0.25) is 0 Å². The lowest BCUT2D eigenvalue weighted by atomic mass is 10.1. The quantitative estimate of drug-likeness (QED) is 0.612. The van der Waals surface area contributed by atoms with E-state index in [2.05, 4.69) is 40.1 Å². The van der Waals surface area contributed by atoms with Gasteiger partial charge in [0.15, 0.2) is 11.5 Å². The maximum atomic E-state index is 12.5. The van der Waals surface area contributed by atoms with Crippen molar-refractivity contribution in [2.24, 2.45) is 5.92 Å². The van der Waals surface area contributed by atoms with Crippen molar-refractivity contribution in [2.75, 3.05) is 13.7 Å². The molecule has 0 radical (unpaired) electrons. The molecule has 1 N–H and O–H groups in total. The van der Waals surface area contributed by atoms with Crippen molar-refractivity contribution < 1.29 is 14.3 Å². The van der Waals surface area contributed by atoms with E-state index in [1.54, 1.807) is 19.4 Å². The molecule has 2 rings (SSSR count). The summed E-state index contributed by atoms with van der Waals surface area (Å²) in [5.74, 6) is 1.44. The van der Waals surface area contributed by atoms with E-state index < -0.39 is 0 Å². The van der Waals surface area contributed by atoms with E-state index in [4.69, 9.17) is 21.1 Å². The average molecular weight is 442 g/mol. The van der Waals surface area contributed by atoms with Crippen LogP contribution in [0.5, 0.6) is 11.5 Å². The van der Waals surface area contributed by atoms with Crippen LogP contribution >= 0.6 is 27.5 Å². The number of rotatable bonds is 7. The minimum atomic E-state index is -0.296. The molecule has 1 aromatic heterocycles. The molecule has 5 nitrogen and oxygen atoms in total. The number of pyridine rings is 1. The highest BCUT2D eigenvalue weighted by atomic mass is 79.9. The number of hydrogen-bond acceptors (Lipinski definition) is 4. The first-order valence-electron chi connectivity index (χ1n) is 8.24. The molecule has 1 heterocycles. The predicted octanol–water partition coefficient (Wildman–Crippen LogP) is 5.03. The highest BCUT2D eigenvalue weighted by Crippen LogP contribution is 2.31. The maximum absolute atomic E-state index is 12.5. The Morgan fingerprint density at radius 1 is 1.27 bits per heavy atom. The van der Waals surface area contributed by atoms with Gasteiger partial charge in [0.25, 0.3) is 5.91 Å². The Morgan fingerprint density at radius 3 is 2.65 bits per heavy atom. The Hall–Kier alpha value is -1.79. The number of methoxy groups -OCH3 is 1. The van der Waals surface area contributed by atoms with Gasteiger partial charge in [0.1, 0.15) is 5.15 Å². The molecule has 1 aromatic carbocycles. The molecule has 0 spiro atoms. The summed E-state index contributed by atoms with van der Waals surface area (Å²) in [5.41, 5.74) is 1.21. The van der Waals surface area contributed by atoms with E-state index in [0.29, 0.717) is 34.1 Å². The zero-order chi connectivity index (χ0) is 19.3. The van der Waals surface area contributed by atoms with Crippen LogP contribution in [0.15, 0.2) is 34.9 Å². The van der Waals surface area contributed by atoms with Gasteiger partial charge in [-0.15, -0.1) is 0 Å². The van der Waals surface area contributed by atoms with Gasteiger partial charge in [-0.1, -0.05) is 31.5 Å². The average Bonchev–Trinajstić information content (AvgIpc) is 2.61. The predicted molar refractivity (Wildman–Crippen MR) is 106 cm³/mol. The van der Waals surface area contributed by atoms with Gasteiger partial charge in [0.05, 0.1) is 25.3 Å². The third-order valence-corrected chi connectivity index (χ3v) is 4.39. The van der Waals surface area contributed by atoms with Gasteiger partial charge in [-0.25, -0.2) is 4.98 Å². The molecule has 1 amide bonds. The molecule has 0 bridgehead atoms. The second kappa shape index (κ2) is 9.24. The molecule has 0 saturated carbocycles. The van der Waals surface area contributed by atoms with Gasteiger partial charge in [-0.3, -0.25) is 4.79 Å². The van der Waals surface area contributed by atoms with E-state index in [1.807, 2.05) is 25.1 Å². The third-order valence-electron chi connectivity index (χ3n) is 3.66. The zero-order valence-electron chi connectivity index (χ0n) is 15.2. The number of ether oxygens (including phenoxy) is 2. The largest absolute Gasteiger partial charge is 0.493 e. The number of hydrogen-bond donors (Lipinski definition) is 1. The Kier molecular flexibility index (Phi) is 7.29. The minimum absolute atomic E-state index is 0.160. The van der Waals surface area contributed by atoms with Crippen molar-refractivity contribution in [2.45, 2.75) is 26.8 Å². The molecule has 1 atom stereocenters. The number of aromatic nitrogens is 1. The first-order chi connectivity index (χ1) is 12.3. The Bertz CT molecular complexity index is 783. The number of nitrogens with zero attached hydrogens (tertiary/aromatic N) is 1. The molecule has 140 valence electrons. The van der Waals surface area contributed by atoms with Crippen molar-refractivity contribution in [1.82, 2.24) is 10.3 Å². The SMILES string of the molecule is COc1cc([C@@H](C)NC(=O)c2cc(Br)cnc2Cl)ccc1OCC(C)C. The van der Waals surface area contributed by atoms with E-state index in [0.717, 1.165) is 5.56 Å². The Labute approximate surface area is 167 Å². The van der Waals surface area contributed by atoms with Crippen LogP contribution in [0, 0.1) is 5.92 Å². The van der Waals surface area contributed by atoms with E-state index >= 15 is 0 Å². The fourth-order valence-corrected chi connectivity index (χ4v) is 2.79. The van der Waals surface area contributed by atoms with Crippen LogP contribution in [0.4, 0.5) is 0 Å². The summed E-state index contributed by atoms with van der Waals surface area (Å²) in [6, 6.07) is 7.02. The van der Waals surface area contributed by atoms with Crippen molar-refractivity contribution in [3.8, 4) is 11.5 Å². The van der Waals surface area contributed by atoms with Crippen LogP contribution in [-0.4, -0.2) is 24.6 Å². The van der Waals surface area contributed by atoms with E-state index in [1.165, 1.54) is 0 Å². The fraction of sp³-hybridized carbons (Fsp3) is 0.368. The summed E-state index contributed by atoms with van der Waals surface area (Å²) in [6.45, 7) is 6.66. The number of carbonyl (C=O) groups excluding carboxylic acids is 1. The molecule has 0 aliphatic rings. The molecule has 26 heavy (non-hydrogen) atoms. The third kappa shape index (κ3) is 5.35. The van der Waals surface area contributed by atoms with Gasteiger partial charge >= 0.3 is 0 Å². The first-order valence-corrected chi connectivity index (χ1v) is 9.41. The monoisotopic (exact) mass is 440 g/mol. The lowest BCUT2D eigenvalue weighted by molar-refractivity contribution is 0.0939. The van der Waals surface area contributed by atoms with Crippen LogP contribution < -0.4 is 14.8 Å². The lowest BCUT2D eigenvalue weighted by Gasteiger charge is -2.18.